The summed E-state index contributed by atoms with van der Waals surface area (Å²) in [6, 6.07) is 13.6. The number of nitrogens with zero attached hydrogens (tertiary/aromatic N) is 1. The zero-order valence-electron chi connectivity index (χ0n) is 17.7. The Hall–Kier alpha value is -2.34. The van der Waals surface area contributed by atoms with Gasteiger partial charge in [0.2, 0.25) is 5.91 Å². The van der Waals surface area contributed by atoms with E-state index in [0.717, 1.165) is 11.8 Å². The zero-order chi connectivity index (χ0) is 21.9. The van der Waals surface area contributed by atoms with Crippen molar-refractivity contribution in [2.45, 2.75) is 52.3 Å². The Kier molecular flexibility index (Phi) is 6.56. The summed E-state index contributed by atoms with van der Waals surface area (Å²) < 4.78 is 39.7. The molecule has 3 nitrogen and oxygen atoms in total. The first-order valence-corrected chi connectivity index (χ1v) is 10.4. The van der Waals surface area contributed by atoms with Crippen LogP contribution in [0.5, 0.6) is 0 Å². The fourth-order valence-corrected chi connectivity index (χ4v) is 3.84. The number of amides is 1. The Morgan fingerprint density at radius 1 is 1.07 bits per heavy atom. The molecule has 0 bridgehead atoms. The number of anilines is 1. The number of benzene rings is 2. The van der Waals surface area contributed by atoms with Crippen LogP contribution in [0.3, 0.4) is 0 Å². The van der Waals surface area contributed by atoms with Gasteiger partial charge in [-0.25, -0.2) is 0 Å². The molecule has 0 radical (unpaired) electrons. The molecule has 0 saturated carbocycles. The van der Waals surface area contributed by atoms with Crippen LogP contribution in [0.4, 0.5) is 18.9 Å². The van der Waals surface area contributed by atoms with Crippen molar-refractivity contribution >= 4 is 11.6 Å². The van der Waals surface area contributed by atoms with Crippen molar-refractivity contribution in [1.29, 1.82) is 0 Å². The standard InChI is InChI=1S/C24H29F3N2O/c1-17(2)18-8-10-20(11-9-18)28-22(30)23(3)12-14-29(15-13-23)16-19-6-4-5-7-21(19)24(25,26)27/h4-11,17H,12-16H2,1-3H3,(H,28,30). The lowest BCUT2D eigenvalue weighted by Gasteiger charge is -2.38. The van der Waals surface area contributed by atoms with Crippen LogP contribution in [0.2, 0.25) is 0 Å². The van der Waals surface area contributed by atoms with Crippen LogP contribution in [-0.4, -0.2) is 23.9 Å². The number of carbonyl (C=O) groups is 1. The van der Waals surface area contributed by atoms with Crippen LogP contribution in [0.1, 0.15) is 56.2 Å². The Morgan fingerprint density at radius 2 is 1.67 bits per heavy atom. The second-order valence-electron chi connectivity index (χ2n) is 8.72. The van der Waals surface area contributed by atoms with E-state index < -0.39 is 17.2 Å². The van der Waals surface area contributed by atoms with E-state index in [-0.39, 0.29) is 18.0 Å². The average molecular weight is 419 g/mol. The summed E-state index contributed by atoms with van der Waals surface area (Å²) in [5.74, 6) is 0.397. The Labute approximate surface area is 176 Å². The molecule has 0 spiro atoms. The van der Waals surface area contributed by atoms with Gasteiger partial charge in [-0.1, -0.05) is 51.1 Å². The minimum atomic E-state index is -4.36. The van der Waals surface area contributed by atoms with Crippen molar-refractivity contribution in [1.82, 2.24) is 4.90 Å². The lowest BCUT2D eigenvalue weighted by atomic mass is 9.79. The number of piperidine rings is 1. The van der Waals surface area contributed by atoms with E-state index in [0.29, 0.717) is 31.8 Å². The number of hydrogen-bond acceptors (Lipinski definition) is 2. The molecule has 2 aromatic carbocycles. The highest BCUT2D eigenvalue weighted by Gasteiger charge is 2.38. The molecule has 1 aliphatic heterocycles. The summed E-state index contributed by atoms with van der Waals surface area (Å²) in [6.45, 7) is 7.59. The highest BCUT2D eigenvalue weighted by atomic mass is 19.4. The smallest absolute Gasteiger partial charge is 0.326 e. The van der Waals surface area contributed by atoms with Gasteiger partial charge in [0.25, 0.3) is 0 Å². The van der Waals surface area contributed by atoms with Gasteiger partial charge in [0.15, 0.2) is 0 Å². The number of hydrogen-bond donors (Lipinski definition) is 1. The van der Waals surface area contributed by atoms with Crippen LogP contribution in [0.15, 0.2) is 48.5 Å². The first-order valence-electron chi connectivity index (χ1n) is 10.4. The zero-order valence-corrected chi connectivity index (χ0v) is 17.7. The van der Waals surface area contributed by atoms with Gasteiger partial charge in [-0.15, -0.1) is 0 Å². The molecule has 1 N–H and O–H groups in total. The second-order valence-corrected chi connectivity index (χ2v) is 8.72. The number of alkyl halides is 3. The molecule has 1 aliphatic rings. The first-order chi connectivity index (χ1) is 14.1. The highest BCUT2D eigenvalue weighted by Crippen LogP contribution is 2.35. The SMILES string of the molecule is CC(C)c1ccc(NC(=O)C2(C)CCN(Cc3ccccc3C(F)(F)F)CC2)cc1. The van der Waals surface area contributed by atoms with Crippen molar-refractivity contribution in [3.05, 3.63) is 65.2 Å². The third-order valence-corrected chi connectivity index (χ3v) is 6.06. The van der Waals surface area contributed by atoms with Crippen molar-refractivity contribution in [3.8, 4) is 0 Å². The molecule has 0 unspecified atom stereocenters. The molecule has 0 aromatic heterocycles. The molecule has 3 rings (SSSR count). The monoisotopic (exact) mass is 418 g/mol. The van der Waals surface area contributed by atoms with E-state index in [9.17, 15) is 18.0 Å². The van der Waals surface area contributed by atoms with Gasteiger partial charge in [-0.3, -0.25) is 9.69 Å². The summed E-state index contributed by atoms with van der Waals surface area (Å²) >= 11 is 0. The van der Waals surface area contributed by atoms with Crippen LogP contribution in [-0.2, 0) is 17.5 Å². The van der Waals surface area contributed by atoms with Gasteiger partial charge in [-0.2, -0.15) is 13.2 Å². The molecular weight excluding hydrogens is 389 g/mol. The number of likely N-dealkylation sites (tertiary alicyclic amines) is 1. The topological polar surface area (TPSA) is 32.3 Å². The van der Waals surface area contributed by atoms with Gasteiger partial charge in [-0.05, 0) is 61.2 Å². The van der Waals surface area contributed by atoms with E-state index in [1.807, 2.05) is 36.1 Å². The molecule has 30 heavy (non-hydrogen) atoms. The molecular formula is C24H29F3N2O. The third kappa shape index (κ3) is 5.22. The lowest BCUT2D eigenvalue weighted by Crippen LogP contribution is -2.44. The number of halogens is 3. The summed E-state index contributed by atoms with van der Waals surface area (Å²) in [5.41, 5.74) is 1.15. The van der Waals surface area contributed by atoms with Gasteiger partial charge in [0.1, 0.15) is 0 Å². The normalized spacial score (nSPS) is 17.2. The number of nitrogens with one attached hydrogen (secondary N) is 1. The Morgan fingerprint density at radius 3 is 2.23 bits per heavy atom. The molecule has 162 valence electrons. The predicted octanol–water partition coefficient (Wildman–Crippen LogP) is 6.07. The predicted molar refractivity (Wildman–Crippen MR) is 113 cm³/mol. The Balaban J connectivity index is 1.59. The largest absolute Gasteiger partial charge is 0.416 e. The van der Waals surface area contributed by atoms with E-state index in [2.05, 4.69) is 19.2 Å². The molecule has 1 saturated heterocycles. The Bertz CT molecular complexity index is 867. The molecule has 1 fully saturated rings. The second kappa shape index (κ2) is 8.80. The van der Waals surface area contributed by atoms with Gasteiger partial charge in [0, 0.05) is 17.6 Å². The molecule has 2 aromatic rings. The van der Waals surface area contributed by atoms with E-state index in [1.165, 1.54) is 17.7 Å². The molecule has 6 heteroatoms. The van der Waals surface area contributed by atoms with Crippen LogP contribution < -0.4 is 5.32 Å². The maximum absolute atomic E-state index is 13.2. The summed E-state index contributed by atoms with van der Waals surface area (Å²) in [5, 5.41) is 3.01. The summed E-state index contributed by atoms with van der Waals surface area (Å²) in [4.78, 5) is 14.9. The van der Waals surface area contributed by atoms with Crippen molar-refractivity contribution in [2.24, 2.45) is 5.41 Å². The van der Waals surface area contributed by atoms with Crippen LogP contribution >= 0.6 is 0 Å². The van der Waals surface area contributed by atoms with E-state index in [1.54, 1.807) is 6.07 Å². The summed E-state index contributed by atoms with van der Waals surface area (Å²) in [7, 11) is 0. The average Bonchev–Trinajstić information content (AvgIpc) is 2.70. The number of carbonyl (C=O) groups excluding carboxylic acids is 1. The minimum Gasteiger partial charge on any atom is -0.326 e. The minimum absolute atomic E-state index is 0.0323. The fraction of sp³-hybridized carbons (Fsp3) is 0.458. The molecule has 0 atom stereocenters. The third-order valence-electron chi connectivity index (χ3n) is 6.06. The van der Waals surface area contributed by atoms with Gasteiger partial charge in [0.05, 0.1) is 5.56 Å². The fourth-order valence-electron chi connectivity index (χ4n) is 3.84. The lowest BCUT2D eigenvalue weighted by molar-refractivity contribution is -0.138. The molecule has 1 heterocycles. The number of rotatable bonds is 5. The van der Waals surface area contributed by atoms with Crippen molar-refractivity contribution in [2.75, 3.05) is 18.4 Å². The molecule has 0 aliphatic carbocycles. The quantitative estimate of drug-likeness (QED) is 0.639. The molecule has 1 amide bonds. The highest BCUT2D eigenvalue weighted by molar-refractivity contribution is 5.95. The van der Waals surface area contributed by atoms with Crippen molar-refractivity contribution in [3.63, 3.8) is 0 Å². The van der Waals surface area contributed by atoms with Gasteiger partial charge < -0.3 is 5.32 Å². The van der Waals surface area contributed by atoms with Crippen LogP contribution in [0.25, 0.3) is 0 Å². The maximum atomic E-state index is 13.2. The van der Waals surface area contributed by atoms with E-state index >= 15 is 0 Å². The van der Waals surface area contributed by atoms with Gasteiger partial charge >= 0.3 is 6.18 Å². The van der Waals surface area contributed by atoms with E-state index in [4.69, 9.17) is 0 Å². The van der Waals surface area contributed by atoms with Crippen molar-refractivity contribution < 1.29 is 18.0 Å². The summed E-state index contributed by atoms with van der Waals surface area (Å²) in [6.07, 6.45) is -3.14. The van der Waals surface area contributed by atoms with Crippen LogP contribution in [0, 0.1) is 5.41 Å². The maximum Gasteiger partial charge on any atom is 0.416 e. The first kappa shape index (κ1) is 22.3.